The number of rotatable bonds is 8. The Balaban J connectivity index is 1.58. The van der Waals surface area contributed by atoms with Crippen LogP contribution >= 0.6 is 23.4 Å². The van der Waals surface area contributed by atoms with E-state index >= 15 is 0 Å². The predicted octanol–water partition coefficient (Wildman–Crippen LogP) is 4.23. The van der Waals surface area contributed by atoms with E-state index in [0.29, 0.717) is 28.1 Å². The number of aromatic nitrogens is 3. The quantitative estimate of drug-likeness (QED) is 0.494. The maximum atomic E-state index is 12.4. The molecule has 1 heterocycles. The van der Waals surface area contributed by atoms with Crippen LogP contribution in [-0.2, 0) is 17.9 Å². The summed E-state index contributed by atoms with van der Waals surface area (Å²) in [4.78, 5) is 24.7. The molecule has 7 nitrogen and oxygen atoms in total. The molecule has 162 valence electrons. The van der Waals surface area contributed by atoms with E-state index < -0.39 is 0 Å². The molecule has 0 aliphatic heterocycles. The zero-order valence-electron chi connectivity index (χ0n) is 17.6. The molecule has 0 spiro atoms. The molecule has 0 unspecified atom stereocenters. The molecule has 3 rings (SSSR count). The van der Waals surface area contributed by atoms with Crippen LogP contribution in [0.1, 0.15) is 34.2 Å². The Hall–Kier alpha value is -2.84. The van der Waals surface area contributed by atoms with Gasteiger partial charge in [-0.1, -0.05) is 41.6 Å². The van der Waals surface area contributed by atoms with Crippen LogP contribution in [0.2, 0.25) is 5.02 Å². The van der Waals surface area contributed by atoms with Crippen LogP contribution in [0.3, 0.4) is 0 Å². The number of nitrogens with one attached hydrogen (secondary N) is 2. The third kappa shape index (κ3) is 6.08. The minimum atomic E-state index is -0.241. The van der Waals surface area contributed by atoms with Crippen LogP contribution in [-0.4, -0.2) is 32.3 Å². The van der Waals surface area contributed by atoms with Crippen molar-refractivity contribution in [1.82, 2.24) is 20.1 Å². The minimum absolute atomic E-state index is 0.111. The summed E-state index contributed by atoms with van der Waals surface area (Å²) in [5.41, 5.74) is 3.39. The molecule has 9 heteroatoms. The van der Waals surface area contributed by atoms with E-state index in [1.807, 2.05) is 43.5 Å². The van der Waals surface area contributed by atoms with Gasteiger partial charge in [-0.05, 0) is 56.2 Å². The summed E-state index contributed by atoms with van der Waals surface area (Å²) in [7, 11) is 0. The molecular formula is C22H24ClN5O2S. The van der Waals surface area contributed by atoms with E-state index in [4.69, 9.17) is 11.6 Å². The Labute approximate surface area is 190 Å². The molecule has 2 amide bonds. The second kappa shape index (κ2) is 10.5. The molecular weight excluding hydrogens is 434 g/mol. The average Bonchev–Trinajstić information content (AvgIpc) is 3.15. The number of carbonyl (C=O) groups excluding carboxylic acids is 2. The maximum absolute atomic E-state index is 12.4. The number of carbonyl (C=O) groups is 2. The van der Waals surface area contributed by atoms with Gasteiger partial charge in [0.15, 0.2) is 11.0 Å². The highest BCUT2D eigenvalue weighted by Crippen LogP contribution is 2.20. The lowest BCUT2D eigenvalue weighted by Gasteiger charge is -2.10. The van der Waals surface area contributed by atoms with Gasteiger partial charge in [0, 0.05) is 22.8 Å². The summed E-state index contributed by atoms with van der Waals surface area (Å²) in [5, 5.41) is 15.3. The fourth-order valence-electron chi connectivity index (χ4n) is 2.95. The molecule has 0 saturated heterocycles. The van der Waals surface area contributed by atoms with Gasteiger partial charge in [-0.2, -0.15) is 0 Å². The Morgan fingerprint density at radius 3 is 2.68 bits per heavy atom. The van der Waals surface area contributed by atoms with Crippen LogP contribution < -0.4 is 10.6 Å². The zero-order chi connectivity index (χ0) is 22.4. The molecule has 0 aliphatic carbocycles. The van der Waals surface area contributed by atoms with E-state index in [1.165, 1.54) is 11.8 Å². The van der Waals surface area contributed by atoms with E-state index in [9.17, 15) is 9.59 Å². The van der Waals surface area contributed by atoms with Crippen molar-refractivity contribution in [2.24, 2.45) is 0 Å². The second-order valence-corrected chi connectivity index (χ2v) is 8.37. The van der Waals surface area contributed by atoms with E-state index in [2.05, 4.69) is 20.8 Å². The SMILES string of the molecule is CCn1c(CNC(=O)c2cccc(Cl)c2)nnc1SCC(=O)Nc1cc(C)ccc1C. The number of aryl methyl sites for hydroxylation is 2. The summed E-state index contributed by atoms with van der Waals surface area (Å²) in [6.07, 6.45) is 0. The molecule has 0 saturated carbocycles. The number of hydrogen-bond donors (Lipinski definition) is 2. The molecule has 3 aromatic rings. The lowest BCUT2D eigenvalue weighted by molar-refractivity contribution is -0.113. The Morgan fingerprint density at radius 2 is 1.94 bits per heavy atom. The number of anilines is 1. The molecule has 1 aromatic heterocycles. The lowest BCUT2D eigenvalue weighted by Crippen LogP contribution is -2.24. The number of amides is 2. The third-order valence-electron chi connectivity index (χ3n) is 4.60. The van der Waals surface area contributed by atoms with Gasteiger partial charge in [-0.3, -0.25) is 9.59 Å². The first-order chi connectivity index (χ1) is 14.9. The molecule has 0 aliphatic rings. The van der Waals surface area contributed by atoms with Crippen molar-refractivity contribution in [2.45, 2.75) is 39.0 Å². The first-order valence-electron chi connectivity index (χ1n) is 9.83. The van der Waals surface area contributed by atoms with Gasteiger partial charge >= 0.3 is 0 Å². The van der Waals surface area contributed by atoms with E-state index in [1.54, 1.807) is 24.3 Å². The molecule has 0 atom stereocenters. The van der Waals surface area contributed by atoms with Gasteiger partial charge in [0.2, 0.25) is 5.91 Å². The zero-order valence-corrected chi connectivity index (χ0v) is 19.2. The molecule has 0 fully saturated rings. The third-order valence-corrected chi connectivity index (χ3v) is 5.80. The summed E-state index contributed by atoms with van der Waals surface area (Å²) in [5.74, 6) is 0.478. The first kappa shape index (κ1) is 22.8. The van der Waals surface area contributed by atoms with Crippen LogP contribution in [0.4, 0.5) is 5.69 Å². The van der Waals surface area contributed by atoms with Gasteiger partial charge in [0.05, 0.1) is 12.3 Å². The highest BCUT2D eigenvalue weighted by Gasteiger charge is 2.15. The predicted molar refractivity (Wildman–Crippen MR) is 124 cm³/mol. The topological polar surface area (TPSA) is 88.9 Å². The molecule has 0 radical (unpaired) electrons. The Morgan fingerprint density at radius 1 is 1.13 bits per heavy atom. The number of halogens is 1. The molecule has 31 heavy (non-hydrogen) atoms. The smallest absolute Gasteiger partial charge is 0.251 e. The van der Waals surface area contributed by atoms with Crippen molar-refractivity contribution >= 4 is 40.9 Å². The van der Waals surface area contributed by atoms with Crippen molar-refractivity contribution in [3.63, 3.8) is 0 Å². The average molecular weight is 458 g/mol. The Kier molecular flexibility index (Phi) is 7.70. The van der Waals surface area contributed by atoms with Crippen LogP contribution in [0.15, 0.2) is 47.6 Å². The highest BCUT2D eigenvalue weighted by molar-refractivity contribution is 7.99. The normalized spacial score (nSPS) is 10.7. The van der Waals surface area contributed by atoms with Gasteiger partial charge < -0.3 is 15.2 Å². The van der Waals surface area contributed by atoms with Gasteiger partial charge in [0.1, 0.15) is 0 Å². The lowest BCUT2D eigenvalue weighted by atomic mass is 10.1. The van der Waals surface area contributed by atoms with Gasteiger partial charge in [0.25, 0.3) is 5.91 Å². The number of thioether (sulfide) groups is 1. The fourth-order valence-corrected chi connectivity index (χ4v) is 3.96. The maximum Gasteiger partial charge on any atom is 0.251 e. The Bertz CT molecular complexity index is 1100. The minimum Gasteiger partial charge on any atom is -0.345 e. The van der Waals surface area contributed by atoms with Crippen molar-refractivity contribution in [1.29, 1.82) is 0 Å². The van der Waals surface area contributed by atoms with Crippen molar-refractivity contribution in [2.75, 3.05) is 11.1 Å². The standard InChI is InChI=1S/C22H24ClN5O2S/c1-4-28-19(12-24-21(30)16-6-5-7-17(23)11-16)26-27-22(28)31-13-20(29)25-18-10-14(2)8-9-15(18)3/h5-11H,4,12-13H2,1-3H3,(H,24,30)(H,25,29). The van der Waals surface area contributed by atoms with Crippen LogP contribution in [0.25, 0.3) is 0 Å². The molecule has 2 N–H and O–H groups in total. The van der Waals surface area contributed by atoms with Crippen LogP contribution in [0.5, 0.6) is 0 Å². The fraction of sp³-hybridized carbons (Fsp3) is 0.273. The van der Waals surface area contributed by atoms with Gasteiger partial charge in [-0.15, -0.1) is 10.2 Å². The molecule has 2 aromatic carbocycles. The van der Waals surface area contributed by atoms with Crippen molar-refractivity contribution in [3.8, 4) is 0 Å². The van der Waals surface area contributed by atoms with Crippen molar-refractivity contribution < 1.29 is 9.59 Å². The summed E-state index contributed by atoms with van der Waals surface area (Å²) in [6.45, 7) is 6.75. The van der Waals surface area contributed by atoms with Crippen LogP contribution in [0, 0.1) is 13.8 Å². The largest absolute Gasteiger partial charge is 0.345 e. The summed E-state index contributed by atoms with van der Waals surface area (Å²) in [6, 6.07) is 12.7. The first-order valence-corrected chi connectivity index (χ1v) is 11.2. The number of nitrogens with zero attached hydrogens (tertiary/aromatic N) is 3. The van der Waals surface area contributed by atoms with E-state index in [0.717, 1.165) is 16.8 Å². The summed E-state index contributed by atoms with van der Waals surface area (Å²) < 4.78 is 1.88. The van der Waals surface area contributed by atoms with E-state index in [-0.39, 0.29) is 24.1 Å². The number of benzene rings is 2. The second-order valence-electron chi connectivity index (χ2n) is 6.99. The monoisotopic (exact) mass is 457 g/mol. The van der Waals surface area contributed by atoms with Crippen molar-refractivity contribution in [3.05, 3.63) is 70.0 Å². The highest BCUT2D eigenvalue weighted by atomic mass is 35.5. The number of hydrogen-bond acceptors (Lipinski definition) is 5. The summed E-state index contributed by atoms with van der Waals surface area (Å²) >= 11 is 7.25. The molecule has 0 bridgehead atoms. The van der Waals surface area contributed by atoms with Gasteiger partial charge in [-0.25, -0.2) is 0 Å².